The molecule has 2 heteroatoms. The summed E-state index contributed by atoms with van der Waals surface area (Å²) < 4.78 is 5.72. The van der Waals surface area contributed by atoms with Crippen molar-refractivity contribution in [3.8, 4) is 0 Å². The molecule has 66 valence electrons. The fourth-order valence-corrected chi connectivity index (χ4v) is 1.62. The lowest BCUT2D eigenvalue weighted by Gasteiger charge is -2.30. The predicted octanol–water partition coefficient (Wildman–Crippen LogP) is 1.51. The zero-order chi connectivity index (χ0) is 8.27. The Bertz CT molecular complexity index is 112. The molecule has 2 nitrogen and oxygen atoms in total. The SMILES string of the molecule is CC(C)O[C@@H]1CCCN(C)C1. The van der Waals surface area contributed by atoms with Gasteiger partial charge in [0.2, 0.25) is 0 Å². The van der Waals surface area contributed by atoms with Crippen molar-refractivity contribution in [1.82, 2.24) is 4.90 Å². The van der Waals surface area contributed by atoms with Crippen LogP contribution in [0.4, 0.5) is 0 Å². The minimum atomic E-state index is 0.381. The van der Waals surface area contributed by atoms with Crippen molar-refractivity contribution in [2.24, 2.45) is 0 Å². The van der Waals surface area contributed by atoms with Crippen LogP contribution in [0.3, 0.4) is 0 Å². The van der Waals surface area contributed by atoms with Gasteiger partial charge in [0.05, 0.1) is 12.2 Å². The molecule has 0 saturated carbocycles. The summed E-state index contributed by atoms with van der Waals surface area (Å²) in [7, 11) is 2.16. The predicted molar refractivity (Wildman–Crippen MR) is 46.7 cm³/mol. The lowest BCUT2D eigenvalue weighted by atomic mass is 10.1. The molecule has 11 heavy (non-hydrogen) atoms. The first-order chi connectivity index (χ1) is 5.18. The fourth-order valence-electron chi connectivity index (χ4n) is 1.62. The highest BCUT2D eigenvalue weighted by Crippen LogP contribution is 2.12. The second-order valence-corrected chi connectivity index (χ2v) is 3.71. The van der Waals surface area contributed by atoms with Crippen molar-refractivity contribution in [3.05, 3.63) is 0 Å². The molecular formula is C9H19NO. The van der Waals surface area contributed by atoms with E-state index in [0.29, 0.717) is 12.2 Å². The smallest absolute Gasteiger partial charge is 0.0705 e. The van der Waals surface area contributed by atoms with Gasteiger partial charge in [-0.3, -0.25) is 0 Å². The Morgan fingerprint density at radius 3 is 2.73 bits per heavy atom. The van der Waals surface area contributed by atoms with E-state index >= 15 is 0 Å². The monoisotopic (exact) mass is 157 g/mol. The van der Waals surface area contributed by atoms with Gasteiger partial charge in [-0.25, -0.2) is 0 Å². The largest absolute Gasteiger partial charge is 0.374 e. The zero-order valence-corrected chi connectivity index (χ0v) is 7.84. The molecule has 0 radical (unpaired) electrons. The molecule has 0 aromatic rings. The van der Waals surface area contributed by atoms with Crippen LogP contribution in [0.5, 0.6) is 0 Å². The normalized spacial score (nSPS) is 27.8. The molecule has 1 saturated heterocycles. The lowest BCUT2D eigenvalue weighted by Crippen LogP contribution is -2.38. The Hall–Kier alpha value is -0.0800. The number of ether oxygens (including phenoxy) is 1. The first-order valence-electron chi connectivity index (χ1n) is 4.52. The van der Waals surface area contributed by atoms with Gasteiger partial charge in [0.25, 0.3) is 0 Å². The van der Waals surface area contributed by atoms with Gasteiger partial charge < -0.3 is 9.64 Å². The Morgan fingerprint density at radius 1 is 1.45 bits per heavy atom. The third kappa shape index (κ3) is 3.21. The van der Waals surface area contributed by atoms with E-state index in [2.05, 4.69) is 25.8 Å². The molecular weight excluding hydrogens is 138 g/mol. The standard InChI is InChI=1S/C9H19NO/c1-8(2)11-9-5-4-6-10(3)7-9/h8-9H,4-7H2,1-3H3/t9-/m1/s1. The van der Waals surface area contributed by atoms with Gasteiger partial charge in [-0.05, 0) is 40.3 Å². The molecule has 0 N–H and O–H groups in total. The summed E-state index contributed by atoms with van der Waals surface area (Å²) in [6.07, 6.45) is 3.39. The van der Waals surface area contributed by atoms with Crippen LogP contribution in [0.2, 0.25) is 0 Å². The summed E-state index contributed by atoms with van der Waals surface area (Å²) in [6.45, 7) is 6.55. The van der Waals surface area contributed by atoms with Gasteiger partial charge in [0.1, 0.15) is 0 Å². The number of rotatable bonds is 2. The molecule has 0 aliphatic carbocycles. The first-order valence-corrected chi connectivity index (χ1v) is 4.52. The van der Waals surface area contributed by atoms with Crippen LogP contribution in [-0.2, 0) is 4.74 Å². The van der Waals surface area contributed by atoms with Crippen LogP contribution in [-0.4, -0.2) is 37.2 Å². The molecule has 0 bridgehead atoms. The van der Waals surface area contributed by atoms with Gasteiger partial charge in [0.15, 0.2) is 0 Å². The highest BCUT2D eigenvalue weighted by Gasteiger charge is 2.17. The Labute approximate surface area is 69.5 Å². The Kier molecular flexibility index (Phi) is 3.34. The quantitative estimate of drug-likeness (QED) is 0.602. The maximum atomic E-state index is 5.72. The highest BCUT2D eigenvalue weighted by atomic mass is 16.5. The van der Waals surface area contributed by atoms with E-state index < -0.39 is 0 Å². The third-order valence-corrected chi connectivity index (χ3v) is 2.05. The minimum Gasteiger partial charge on any atom is -0.374 e. The zero-order valence-electron chi connectivity index (χ0n) is 7.84. The van der Waals surface area contributed by atoms with E-state index in [0.717, 1.165) is 6.54 Å². The summed E-state index contributed by atoms with van der Waals surface area (Å²) in [5.74, 6) is 0. The molecule has 0 spiro atoms. The van der Waals surface area contributed by atoms with Crippen molar-refractivity contribution in [2.75, 3.05) is 20.1 Å². The van der Waals surface area contributed by atoms with E-state index in [1.54, 1.807) is 0 Å². The Balaban J connectivity index is 2.23. The number of likely N-dealkylation sites (N-methyl/N-ethyl adjacent to an activating group) is 1. The highest BCUT2D eigenvalue weighted by molar-refractivity contribution is 4.70. The van der Waals surface area contributed by atoms with Gasteiger partial charge in [-0.15, -0.1) is 0 Å². The lowest BCUT2D eigenvalue weighted by molar-refractivity contribution is -0.0279. The van der Waals surface area contributed by atoms with Crippen LogP contribution in [0.25, 0.3) is 0 Å². The molecule has 0 aromatic carbocycles. The van der Waals surface area contributed by atoms with Crippen molar-refractivity contribution in [2.45, 2.75) is 38.9 Å². The number of piperidine rings is 1. The van der Waals surface area contributed by atoms with Crippen LogP contribution in [0, 0.1) is 0 Å². The maximum absolute atomic E-state index is 5.72. The first kappa shape index (κ1) is 9.01. The second-order valence-electron chi connectivity index (χ2n) is 3.71. The van der Waals surface area contributed by atoms with E-state index in [4.69, 9.17) is 4.74 Å². The molecule has 0 unspecified atom stereocenters. The fraction of sp³-hybridized carbons (Fsp3) is 1.00. The van der Waals surface area contributed by atoms with E-state index in [9.17, 15) is 0 Å². The molecule has 1 aliphatic heterocycles. The van der Waals surface area contributed by atoms with Gasteiger partial charge in [0, 0.05) is 6.54 Å². The molecule has 1 rings (SSSR count). The van der Waals surface area contributed by atoms with Gasteiger partial charge in [-0.1, -0.05) is 0 Å². The molecule has 1 aliphatic rings. The minimum absolute atomic E-state index is 0.381. The summed E-state index contributed by atoms with van der Waals surface area (Å²) in [6, 6.07) is 0. The summed E-state index contributed by atoms with van der Waals surface area (Å²) in [5.41, 5.74) is 0. The van der Waals surface area contributed by atoms with Gasteiger partial charge in [-0.2, -0.15) is 0 Å². The van der Waals surface area contributed by atoms with Crippen LogP contribution in [0.1, 0.15) is 26.7 Å². The van der Waals surface area contributed by atoms with E-state index in [1.165, 1.54) is 19.4 Å². The number of nitrogens with zero attached hydrogens (tertiary/aromatic N) is 1. The third-order valence-electron chi connectivity index (χ3n) is 2.05. The summed E-state index contributed by atoms with van der Waals surface area (Å²) in [4.78, 5) is 2.34. The van der Waals surface area contributed by atoms with Crippen LogP contribution >= 0.6 is 0 Å². The molecule has 0 aromatic heterocycles. The number of hydrogen-bond donors (Lipinski definition) is 0. The van der Waals surface area contributed by atoms with Crippen molar-refractivity contribution in [3.63, 3.8) is 0 Å². The molecule has 1 heterocycles. The average molecular weight is 157 g/mol. The van der Waals surface area contributed by atoms with Crippen molar-refractivity contribution >= 4 is 0 Å². The second kappa shape index (κ2) is 4.07. The number of likely N-dealkylation sites (tertiary alicyclic amines) is 1. The molecule has 1 fully saturated rings. The molecule has 0 amide bonds. The topological polar surface area (TPSA) is 12.5 Å². The van der Waals surface area contributed by atoms with E-state index in [1.807, 2.05) is 0 Å². The molecule has 1 atom stereocenters. The number of hydrogen-bond acceptors (Lipinski definition) is 2. The summed E-state index contributed by atoms with van der Waals surface area (Å²) >= 11 is 0. The van der Waals surface area contributed by atoms with Gasteiger partial charge >= 0.3 is 0 Å². The van der Waals surface area contributed by atoms with Crippen molar-refractivity contribution < 1.29 is 4.74 Å². The van der Waals surface area contributed by atoms with E-state index in [-0.39, 0.29) is 0 Å². The maximum Gasteiger partial charge on any atom is 0.0705 e. The summed E-state index contributed by atoms with van der Waals surface area (Å²) in [5, 5.41) is 0. The van der Waals surface area contributed by atoms with Crippen molar-refractivity contribution in [1.29, 1.82) is 0 Å². The Morgan fingerprint density at radius 2 is 2.18 bits per heavy atom. The van der Waals surface area contributed by atoms with Crippen LogP contribution in [0.15, 0.2) is 0 Å². The average Bonchev–Trinajstić information content (AvgIpc) is 1.85. The van der Waals surface area contributed by atoms with Crippen LogP contribution < -0.4 is 0 Å².